The molecule has 0 saturated carbocycles. The first-order valence-electron chi connectivity index (χ1n) is 4.52. The lowest BCUT2D eigenvalue weighted by Gasteiger charge is -2.25. The lowest BCUT2D eigenvalue weighted by Crippen LogP contribution is -2.39. The molecule has 3 nitrogen and oxygen atoms in total. The first-order chi connectivity index (χ1) is 5.48. The minimum atomic E-state index is -0.649. The van der Waals surface area contributed by atoms with Gasteiger partial charge in [0.05, 0.1) is 12.2 Å². The Labute approximate surface area is 74.8 Å². The van der Waals surface area contributed by atoms with Crippen LogP contribution < -0.4 is 5.32 Å². The van der Waals surface area contributed by atoms with Gasteiger partial charge in [-0.05, 0) is 19.3 Å². The normalized spacial score (nSPS) is 16.5. The quantitative estimate of drug-likeness (QED) is 0.511. The van der Waals surface area contributed by atoms with Crippen LogP contribution in [0.1, 0.15) is 27.2 Å². The van der Waals surface area contributed by atoms with Gasteiger partial charge in [0, 0.05) is 13.1 Å². The summed E-state index contributed by atoms with van der Waals surface area (Å²) in [6, 6.07) is 0. The van der Waals surface area contributed by atoms with Crippen molar-refractivity contribution >= 4 is 0 Å². The van der Waals surface area contributed by atoms with E-state index in [1.807, 2.05) is 6.92 Å². The average molecular weight is 175 g/mol. The summed E-state index contributed by atoms with van der Waals surface area (Å²) < 4.78 is 0. The van der Waals surface area contributed by atoms with E-state index in [1.54, 1.807) is 0 Å². The summed E-state index contributed by atoms with van der Waals surface area (Å²) in [5, 5.41) is 21.2. The molecule has 0 rings (SSSR count). The van der Waals surface area contributed by atoms with E-state index in [1.165, 1.54) is 0 Å². The molecule has 0 aliphatic heterocycles. The molecule has 0 heterocycles. The smallest absolute Gasteiger partial charge is 0.0746 e. The van der Waals surface area contributed by atoms with Crippen LogP contribution in [0.3, 0.4) is 0 Å². The molecule has 74 valence electrons. The summed E-state index contributed by atoms with van der Waals surface area (Å²) in [4.78, 5) is 0. The number of nitrogens with one attached hydrogen (secondary N) is 1. The van der Waals surface area contributed by atoms with Crippen molar-refractivity contribution < 1.29 is 10.2 Å². The molecule has 0 bridgehead atoms. The Morgan fingerprint density at radius 1 is 1.42 bits per heavy atom. The van der Waals surface area contributed by atoms with E-state index >= 15 is 0 Å². The Kier molecular flexibility index (Phi) is 5.46. The number of aliphatic hydroxyl groups is 2. The highest BCUT2D eigenvalue weighted by Gasteiger charge is 2.20. The van der Waals surface area contributed by atoms with Gasteiger partial charge in [-0.15, -0.1) is 0 Å². The maximum atomic E-state index is 9.77. The molecule has 0 aromatic carbocycles. The lowest BCUT2D eigenvalue weighted by atomic mass is 9.94. The van der Waals surface area contributed by atoms with Crippen LogP contribution in [-0.4, -0.2) is 35.5 Å². The van der Waals surface area contributed by atoms with Gasteiger partial charge in [0.25, 0.3) is 0 Å². The third-order valence-electron chi connectivity index (χ3n) is 1.64. The second-order valence-corrected chi connectivity index (χ2v) is 4.00. The lowest BCUT2D eigenvalue weighted by molar-refractivity contribution is 0.0378. The molecule has 0 aliphatic carbocycles. The Morgan fingerprint density at radius 2 is 2.00 bits per heavy atom. The van der Waals surface area contributed by atoms with Crippen LogP contribution in [0.5, 0.6) is 0 Å². The highest BCUT2D eigenvalue weighted by Crippen LogP contribution is 2.14. The molecule has 0 spiro atoms. The Bertz CT molecular complexity index is 113. The summed E-state index contributed by atoms with van der Waals surface area (Å²) in [5.41, 5.74) is -0.649. The maximum Gasteiger partial charge on any atom is 0.0746 e. The predicted molar refractivity (Wildman–Crippen MR) is 50.0 cm³/mol. The van der Waals surface area contributed by atoms with Gasteiger partial charge >= 0.3 is 0 Å². The zero-order valence-corrected chi connectivity index (χ0v) is 8.30. The summed E-state index contributed by atoms with van der Waals surface area (Å²) in [7, 11) is 0. The van der Waals surface area contributed by atoms with Gasteiger partial charge in [-0.25, -0.2) is 0 Å². The van der Waals surface area contributed by atoms with Crippen molar-refractivity contribution in [2.24, 2.45) is 5.92 Å². The minimum absolute atomic E-state index is 0.123. The van der Waals surface area contributed by atoms with Gasteiger partial charge in [-0.1, -0.05) is 13.8 Å². The molecule has 0 aliphatic rings. The molecule has 1 unspecified atom stereocenters. The van der Waals surface area contributed by atoms with Crippen LogP contribution in [0.15, 0.2) is 0 Å². The Balaban J connectivity index is 3.56. The van der Waals surface area contributed by atoms with E-state index in [2.05, 4.69) is 19.2 Å². The molecule has 0 radical (unpaired) electrons. The van der Waals surface area contributed by atoms with Gasteiger partial charge in [0.15, 0.2) is 0 Å². The van der Waals surface area contributed by atoms with Gasteiger partial charge in [-0.2, -0.15) is 0 Å². The largest absolute Gasteiger partial charge is 0.395 e. The number of aliphatic hydroxyl groups excluding tert-OH is 1. The number of rotatable bonds is 6. The van der Waals surface area contributed by atoms with Gasteiger partial charge in [0.2, 0.25) is 0 Å². The Hall–Kier alpha value is -0.120. The highest BCUT2D eigenvalue weighted by atomic mass is 16.3. The molecule has 0 fully saturated rings. The van der Waals surface area contributed by atoms with E-state index in [0.717, 1.165) is 6.42 Å². The zero-order chi connectivity index (χ0) is 9.61. The molecule has 0 aromatic rings. The van der Waals surface area contributed by atoms with Crippen molar-refractivity contribution in [3.8, 4) is 0 Å². The zero-order valence-electron chi connectivity index (χ0n) is 8.30. The van der Waals surface area contributed by atoms with Crippen LogP contribution in [-0.2, 0) is 0 Å². The topological polar surface area (TPSA) is 52.5 Å². The van der Waals surface area contributed by atoms with E-state index in [9.17, 15) is 5.11 Å². The number of hydrogen-bond donors (Lipinski definition) is 3. The van der Waals surface area contributed by atoms with E-state index in [-0.39, 0.29) is 6.61 Å². The van der Waals surface area contributed by atoms with Crippen LogP contribution in [0, 0.1) is 5.92 Å². The predicted octanol–water partition coefficient (Wildman–Crippen LogP) is 0.365. The standard InChI is InChI=1S/C9H21NO2/c1-8(2)6-9(3,12)7-10-4-5-11/h8,10-12H,4-7H2,1-3H3. The van der Waals surface area contributed by atoms with E-state index in [0.29, 0.717) is 19.0 Å². The molecular weight excluding hydrogens is 154 g/mol. The SMILES string of the molecule is CC(C)CC(C)(O)CNCCO. The minimum Gasteiger partial charge on any atom is -0.395 e. The third-order valence-corrected chi connectivity index (χ3v) is 1.64. The summed E-state index contributed by atoms with van der Waals surface area (Å²) in [5.74, 6) is 0.496. The van der Waals surface area contributed by atoms with Crippen LogP contribution in [0.25, 0.3) is 0 Å². The molecule has 0 amide bonds. The molecule has 0 saturated heterocycles. The number of hydrogen-bond acceptors (Lipinski definition) is 3. The fourth-order valence-electron chi connectivity index (χ4n) is 1.39. The second kappa shape index (κ2) is 5.51. The summed E-state index contributed by atoms with van der Waals surface area (Å²) in [6.45, 7) is 7.20. The first-order valence-corrected chi connectivity index (χ1v) is 4.52. The van der Waals surface area contributed by atoms with E-state index in [4.69, 9.17) is 5.11 Å². The van der Waals surface area contributed by atoms with Crippen molar-refractivity contribution in [1.29, 1.82) is 0 Å². The molecule has 0 aromatic heterocycles. The molecule has 12 heavy (non-hydrogen) atoms. The van der Waals surface area contributed by atoms with Gasteiger partial charge < -0.3 is 15.5 Å². The van der Waals surface area contributed by atoms with Crippen molar-refractivity contribution in [2.75, 3.05) is 19.7 Å². The van der Waals surface area contributed by atoms with Crippen molar-refractivity contribution in [2.45, 2.75) is 32.8 Å². The molecule has 3 heteroatoms. The summed E-state index contributed by atoms with van der Waals surface area (Å²) in [6.07, 6.45) is 0.783. The summed E-state index contributed by atoms with van der Waals surface area (Å²) >= 11 is 0. The first kappa shape index (κ1) is 11.9. The van der Waals surface area contributed by atoms with Crippen LogP contribution in [0.2, 0.25) is 0 Å². The Morgan fingerprint density at radius 3 is 2.42 bits per heavy atom. The third kappa shape index (κ3) is 6.58. The average Bonchev–Trinajstić information content (AvgIpc) is 1.84. The van der Waals surface area contributed by atoms with Gasteiger partial charge in [0.1, 0.15) is 0 Å². The van der Waals surface area contributed by atoms with Gasteiger partial charge in [-0.3, -0.25) is 0 Å². The van der Waals surface area contributed by atoms with Crippen molar-refractivity contribution in [3.05, 3.63) is 0 Å². The van der Waals surface area contributed by atoms with Crippen molar-refractivity contribution in [3.63, 3.8) is 0 Å². The second-order valence-electron chi connectivity index (χ2n) is 4.00. The molecule has 1 atom stereocenters. The maximum absolute atomic E-state index is 9.77. The van der Waals surface area contributed by atoms with Crippen LogP contribution >= 0.6 is 0 Å². The molecule has 3 N–H and O–H groups in total. The fraction of sp³-hybridized carbons (Fsp3) is 1.00. The van der Waals surface area contributed by atoms with E-state index < -0.39 is 5.60 Å². The molecular formula is C9H21NO2. The fourth-order valence-corrected chi connectivity index (χ4v) is 1.39. The van der Waals surface area contributed by atoms with Crippen molar-refractivity contribution in [1.82, 2.24) is 5.32 Å². The monoisotopic (exact) mass is 175 g/mol. The highest BCUT2D eigenvalue weighted by molar-refractivity contribution is 4.76. The van der Waals surface area contributed by atoms with Crippen LogP contribution in [0.4, 0.5) is 0 Å².